The molecule has 4 heteroatoms. The molecule has 1 aromatic rings. The second-order valence-corrected chi connectivity index (χ2v) is 3.85. The molecular weight excluding hydrogens is 214 g/mol. The fourth-order valence-corrected chi connectivity index (χ4v) is 1.71. The van der Waals surface area contributed by atoms with Gasteiger partial charge in [0.2, 0.25) is 0 Å². The SMILES string of the molecule is COc1ccc(C(OC)N(C)C)c(Cl)c1. The molecule has 84 valence electrons. The number of ether oxygens (including phenoxy) is 2. The van der Waals surface area contributed by atoms with E-state index in [1.54, 1.807) is 20.3 Å². The van der Waals surface area contributed by atoms with Crippen molar-refractivity contribution in [3.63, 3.8) is 0 Å². The third-order valence-electron chi connectivity index (χ3n) is 2.17. The molecule has 0 aromatic heterocycles. The van der Waals surface area contributed by atoms with Crippen LogP contribution in [0.15, 0.2) is 18.2 Å². The Morgan fingerprint density at radius 3 is 2.33 bits per heavy atom. The Morgan fingerprint density at radius 1 is 1.27 bits per heavy atom. The van der Waals surface area contributed by atoms with Crippen LogP contribution in [0.3, 0.4) is 0 Å². The van der Waals surface area contributed by atoms with Crippen molar-refractivity contribution in [2.24, 2.45) is 0 Å². The van der Waals surface area contributed by atoms with Crippen molar-refractivity contribution in [2.45, 2.75) is 6.23 Å². The first-order valence-electron chi connectivity index (χ1n) is 4.62. The Morgan fingerprint density at radius 2 is 1.93 bits per heavy atom. The van der Waals surface area contributed by atoms with E-state index in [1.807, 2.05) is 31.1 Å². The molecule has 0 N–H and O–H groups in total. The van der Waals surface area contributed by atoms with Gasteiger partial charge in [0.05, 0.1) is 12.1 Å². The van der Waals surface area contributed by atoms with E-state index in [0.717, 1.165) is 11.3 Å². The topological polar surface area (TPSA) is 21.7 Å². The number of methoxy groups -OCH3 is 2. The van der Waals surface area contributed by atoms with Crippen LogP contribution < -0.4 is 4.74 Å². The minimum atomic E-state index is -0.136. The molecule has 0 aliphatic carbocycles. The fourth-order valence-electron chi connectivity index (χ4n) is 1.45. The molecule has 0 radical (unpaired) electrons. The highest BCUT2D eigenvalue weighted by atomic mass is 35.5. The van der Waals surface area contributed by atoms with Crippen LogP contribution >= 0.6 is 11.6 Å². The summed E-state index contributed by atoms with van der Waals surface area (Å²) < 4.78 is 10.4. The van der Waals surface area contributed by atoms with Gasteiger partial charge in [0.25, 0.3) is 0 Å². The second kappa shape index (κ2) is 5.35. The van der Waals surface area contributed by atoms with Crippen molar-refractivity contribution in [3.8, 4) is 5.75 Å². The maximum absolute atomic E-state index is 6.14. The smallest absolute Gasteiger partial charge is 0.137 e. The largest absolute Gasteiger partial charge is 0.497 e. The number of nitrogens with zero attached hydrogens (tertiary/aromatic N) is 1. The summed E-state index contributed by atoms with van der Waals surface area (Å²) in [4.78, 5) is 1.95. The van der Waals surface area contributed by atoms with Gasteiger partial charge in [-0.15, -0.1) is 0 Å². The molecule has 0 bridgehead atoms. The maximum Gasteiger partial charge on any atom is 0.137 e. The van der Waals surface area contributed by atoms with Gasteiger partial charge in [-0.1, -0.05) is 11.6 Å². The average molecular weight is 230 g/mol. The standard InChI is InChI=1S/C11H16ClNO2/c1-13(2)11(15-4)9-6-5-8(14-3)7-10(9)12/h5-7,11H,1-4H3. The Balaban J connectivity index is 3.03. The van der Waals surface area contributed by atoms with Gasteiger partial charge < -0.3 is 9.47 Å². The van der Waals surface area contributed by atoms with Crippen molar-refractivity contribution in [3.05, 3.63) is 28.8 Å². The summed E-state index contributed by atoms with van der Waals surface area (Å²) in [5.74, 6) is 0.748. The summed E-state index contributed by atoms with van der Waals surface area (Å²) in [5, 5.41) is 0.648. The highest BCUT2D eigenvalue weighted by Crippen LogP contribution is 2.29. The zero-order chi connectivity index (χ0) is 11.4. The van der Waals surface area contributed by atoms with Gasteiger partial charge >= 0.3 is 0 Å². The van der Waals surface area contributed by atoms with E-state index >= 15 is 0 Å². The predicted molar refractivity (Wildman–Crippen MR) is 61.4 cm³/mol. The summed E-state index contributed by atoms with van der Waals surface area (Å²) in [5.41, 5.74) is 0.935. The van der Waals surface area contributed by atoms with Crippen LogP contribution in [0.1, 0.15) is 11.8 Å². The second-order valence-electron chi connectivity index (χ2n) is 3.44. The number of benzene rings is 1. The number of hydrogen-bond donors (Lipinski definition) is 0. The van der Waals surface area contributed by atoms with Gasteiger partial charge in [-0.2, -0.15) is 0 Å². The lowest BCUT2D eigenvalue weighted by Gasteiger charge is -2.24. The maximum atomic E-state index is 6.14. The summed E-state index contributed by atoms with van der Waals surface area (Å²) in [6.45, 7) is 0. The lowest BCUT2D eigenvalue weighted by Crippen LogP contribution is -2.21. The number of rotatable bonds is 4. The van der Waals surface area contributed by atoms with Gasteiger partial charge in [-0.25, -0.2) is 0 Å². The van der Waals surface area contributed by atoms with Crippen LogP contribution in [0.25, 0.3) is 0 Å². The van der Waals surface area contributed by atoms with Gasteiger partial charge in [0.15, 0.2) is 0 Å². The molecule has 1 rings (SSSR count). The van der Waals surface area contributed by atoms with Crippen molar-refractivity contribution in [1.29, 1.82) is 0 Å². The molecule has 0 aliphatic rings. The van der Waals surface area contributed by atoms with E-state index in [1.165, 1.54) is 0 Å². The van der Waals surface area contributed by atoms with Crippen LogP contribution in [0, 0.1) is 0 Å². The Bertz CT molecular complexity index is 328. The predicted octanol–water partition coefficient (Wildman–Crippen LogP) is 2.56. The molecule has 0 saturated carbocycles. The highest BCUT2D eigenvalue weighted by Gasteiger charge is 2.16. The van der Waals surface area contributed by atoms with Crippen LogP contribution in [-0.2, 0) is 4.74 Å². The monoisotopic (exact) mass is 229 g/mol. The summed E-state index contributed by atoms with van der Waals surface area (Å²) >= 11 is 6.14. The van der Waals surface area contributed by atoms with Crippen molar-refractivity contribution in [2.75, 3.05) is 28.3 Å². The summed E-state index contributed by atoms with van der Waals surface area (Å²) in [6.07, 6.45) is -0.136. The van der Waals surface area contributed by atoms with Crippen LogP contribution in [0.4, 0.5) is 0 Å². The van der Waals surface area contributed by atoms with Gasteiger partial charge in [0.1, 0.15) is 12.0 Å². The Hall–Kier alpha value is -0.770. The molecule has 15 heavy (non-hydrogen) atoms. The van der Waals surface area contributed by atoms with Gasteiger partial charge in [-0.3, -0.25) is 4.90 Å². The third-order valence-corrected chi connectivity index (χ3v) is 2.49. The molecule has 3 nitrogen and oxygen atoms in total. The van der Waals surface area contributed by atoms with Crippen molar-refractivity contribution < 1.29 is 9.47 Å². The zero-order valence-corrected chi connectivity index (χ0v) is 10.2. The van der Waals surface area contributed by atoms with Crippen LogP contribution in [0.5, 0.6) is 5.75 Å². The van der Waals surface area contributed by atoms with Crippen molar-refractivity contribution >= 4 is 11.6 Å². The van der Waals surface area contributed by atoms with E-state index < -0.39 is 0 Å². The summed E-state index contributed by atoms with van der Waals surface area (Å²) in [7, 11) is 7.15. The van der Waals surface area contributed by atoms with E-state index in [-0.39, 0.29) is 6.23 Å². The molecule has 0 amide bonds. The fraction of sp³-hybridized carbons (Fsp3) is 0.455. The quantitative estimate of drug-likeness (QED) is 0.741. The van der Waals surface area contributed by atoms with E-state index in [0.29, 0.717) is 5.02 Å². The Kier molecular flexibility index (Phi) is 4.39. The first-order valence-corrected chi connectivity index (χ1v) is 5.00. The normalized spacial score (nSPS) is 12.9. The molecule has 0 saturated heterocycles. The minimum absolute atomic E-state index is 0.136. The molecule has 1 atom stereocenters. The van der Waals surface area contributed by atoms with E-state index in [2.05, 4.69) is 0 Å². The molecule has 1 unspecified atom stereocenters. The van der Waals surface area contributed by atoms with Gasteiger partial charge in [-0.05, 0) is 32.3 Å². The van der Waals surface area contributed by atoms with E-state index in [9.17, 15) is 0 Å². The molecule has 0 aliphatic heterocycles. The molecule has 0 fully saturated rings. The minimum Gasteiger partial charge on any atom is -0.497 e. The van der Waals surface area contributed by atoms with Crippen LogP contribution in [0.2, 0.25) is 5.02 Å². The van der Waals surface area contributed by atoms with E-state index in [4.69, 9.17) is 21.1 Å². The number of halogens is 1. The lowest BCUT2D eigenvalue weighted by atomic mass is 10.2. The molecule has 1 aromatic carbocycles. The lowest BCUT2D eigenvalue weighted by molar-refractivity contribution is -0.00535. The summed E-state index contributed by atoms with van der Waals surface area (Å²) in [6, 6.07) is 5.57. The average Bonchev–Trinajstić information content (AvgIpc) is 2.20. The first kappa shape index (κ1) is 12.3. The van der Waals surface area contributed by atoms with Crippen LogP contribution in [-0.4, -0.2) is 33.2 Å². The highest BCUT2D eigenvalue weighted by molar-refractivity contribution is 6.31. The first-order chi connectivity index (χ1) is 7.10. The number of hydrogen-bond acceptors (Lipinski definition) is 3. The zero-order valence-electron chi connectivity index (χ0n) is 9.45. The van der Waals surface area contributed by atoms with Gasteiger partial charge in [0, 0.05) is 12.7 Å². The molecule has 0 heterocycles. The molecule has 0 spiro atoms. The van der Waals surface area contributed by atoms with Crippen molar-refractivity contribution in [1.82, 2.24) is 4.90 Å². The molecular formula is C11H16ClNO2. The Labute approximate surface area is 95.5 Å². The third kappa shape index (κ3) is 2.84.